The average molecular weight is 181 g/mol. The Bertz CT molecular complexity index is 312. The number of aliphatic imine (C=N–C) groups is 2. The molecule has 5 heteroatoms. The van der Waals surface area contributed by atoms with Crippen LogP contribution in [0.25, 0.3) is 0 Å². The van der Waals surface area contributed by atoms with E-state index in [-0.39, 0.29) is 0 Å². The predicted octanol–water partition coefficient (Wildman–Crippen LogP) is 1.15. The molecule has 0 N–H and O–H groups in total. The highest BCUT2D eigenvalue weighted by atomic mass is 32.2. The van der Waals surface area contributed by atoms with Crippen LogP contribution in [0.3, 0.4) is 0 Å². The highest BCUT2D eigenvalue weighted by Crippen LogP contribution is 2.46. The molecular weight excluding hydrogens is 176 g/mol. The smallest absolute Gasteiger partial charge is 0.211 e. The summed E-state index contributed by atoms with van der Waals surface area (Å²) >= 11 is 0. The van der Waals surface area contributed by atoms with Gasteiger partial charge in [-0.1, -0.05) is 0 Å². The molecule has 0 bridgehead atoms. The molecule has 0 aliphatic carbocycles. The van der Waals surface area contributed by atoms with E-state index >= 15 is 0 Å². The third-order valence-electron chi connectivity index (χ3n) is 1.25. The summed E-state index contributed by atoms with van der Waals surface area (Å²) in [7, 11) is -0.990. The largest absolute Gasteiger partial charge is 0.240 e. The van der Waals surface area contributed by atoms with Crippen LogP contribution in [0.2, 0.25) is 0 Å². The molecule has 0 aromatic heterocycles. The van der Waals surface area contributed by atoms with Crippen LogP contribution in [0.1, 0.15) is 0 Å². The van der Waals surface area contributed by atoms with E-state index in [2.05, 4.69) is 16.2 Å². The topological polar surface area (TPSA) is 58.9 Å². The summed E-state index contributed by atoms with van der Waals surface area (Å²) in [6.45, 7) is 0. The quantitative estimate of drug-likeness (QED) is 0.394. The maximum Gasteiger partial charge on any atom is 0.240 e. The molecule has 1 heterocycles. The zero-order chi connectivity index (χ0) is 8.97. The molecule has 0 spiro atoms. The first-order valence-electron chi connectivity index (χ1n) is 2.98. The standard InChI is InChI=1S/C7H5N2O2S/c1-12-6(8-4-10)2-3-7(12)9-5-11/h2-3,12H,1H2. The Kier molecular flexibility index (Phi) is 2.77. The molecule has 0 saturated carbocycles. The lowest BCUT2D eigenvalue weighted by atomic mass is 10.6. The van der Waals surface area contributed by atoms with E-state index in [0.717, 1.165) is 0 Å². The first kappa shape index (κ1) is 8.68. The molecule has 0 amide bonds. The monoisotopic (exact) mass is 181 g/mol. The van der Waals surface area contributed by atoms with Crippen molar-refractivity contribution < 1.29 is 9.59 Å². The Morgan fingerprint density at radius 1 is 1.17 bits per heavy atom. The second-order valence-corrected chi connectivity index (χ2v) is 3.66. The van der Waals surface area contributed by atoms with Crippen LogP contribution in [0, 0.1) is 6.26 Å². The second kappa shape index (κ2) is 3.83. The van der Waals surface area contributed by atoms with Crippen LogP contribution in [-0.4, -0.2) is 12.2 Å². The van der Waals surface area contributed by atoms with Crippen molar-refractivity contribution in [1.82, 2.24) is 0 Å². The van der Waals surface area contributed by atoms with Crippen molar-refractivity contribution in [3.63, 3.8) is 0 Å². The SMILES string of the molecule is [CH2][SH]1C(N=C=O)=CC=C1N=C=O. The van der Waals surface area contributed by atoms with E-state index in [1.54, 1.807) is 12.2 Å². The minimum Gasteiger partial charge on any atom is -0.211 e. The van der Waals surface area contributed by atoms with E-state index in [1.165, 1.54) is 12.2 Å². The lowest BCUT2D eigenvalue weighted by Crippen LogP contribution is -1.75. The Morgan fingerprint density at radius 3 is 1.92 bits per heavy atom. The molecule has 0 unspecified atom stereocenters. The first-order valence-corrected chi connectivity index (χ1v) is 4.50. The zero-order valence-corrected chi connectivity index (χ0v) is 6.91. The number of rotatable bonds is 2. The summed E-state index contributed by atoms with van der Waals surface area (Å²) in [5.41, 5.74) is 0. The molecule has 1 aliphatic rings. The molecule has 12 heavy (non-hydrogen) atoms. The van der Waals surface area contributed by atoms with Crippen LogP contribution >= 0.6 is 10.9 Å². The van der Waals surface area contributed by atoms with Gasteiger partial charge in [0, 0.05) is 0 Å². The van der Waals surface area contributed by atoms with E-state index in [9.17, 15) is 9.59 Å². The van der Waals surface area contributed by atoms with Crippen LogP contribution < -0.4 is 0 Å². The maximum atomic E-state index is 9.89. The van der Waals surface area contributed by atoms with E-state index in [0.29, 0.717) is 10.1 Å². The Balaban J connectivity index is 2.84. The summed E-state index contributed by atoms with van der Waals surface area (Å²) in [5.74, 6) is 0. The normalized spacial score (nSPS) is 23.2. The van der Waals surface area contributed by atoms with Gasteiger partial charge in [0.1, 0.15) is 0 Å². The number of allylic oxidation sites excluding steroid dienone is 2. The zero-order valence-electron chi connectivity index (χ0n) is 6.02. The van der Waals surface area contributed by atoms with Gasteiger partial charge in [-0.2, -0.15) is 20.9 Å². The lowest BCUT2D eigenvalue weighted by molar-refractivity contribution is 0.564. The number of isocyanates is 2. The van der Waals surface area contributed by atoms with Gasteiger partial charge >= 0.3 is 0 Å². The molecule has 1 radical (unpaired) electrons. The molecule has 4 nitrogen and oxygen atoms in total. The number of carbonyl (C=O) groups excluding carboxylic acids is 2. The van der Waals surface area contributed by atoms with Gasteiger partial charge in [-0.15, -0.1) is 0 Å². The lowest BCUT2D eigenvalue weighted by Gasteiger charge is -2.07. The minimum atomic E-state index is -0.990. The van der Waals surface area contributed by atoms with E-state index in [1.807, 2.05) is 0 Å². The number of hydrogen-bond acceptors (Lipinski definition) is 4. The molecular formula is C7H5N2O2S. The molecule has 61 valence electrons. The van der Waals surface area contributed by atoms with Crippen molar-refractivity contribution >= 4 is 23.1 Å². The Morgan fingerprint density at radius 2 is 1.58 bits per heavy atom. The van der Waals surface area contributed by atoms with Crippen molar-refractivity contribution in [2.24, 2.45) is 9.98 Å². The van der Waals surface area contributed by atoms with Crippen molar-refractivity contribution in [3.05, 3.63) is 28.5 Å². The van der Waals surface area contributed by atoms with Crippen molar-refractivity contribution in [1.29, 1.82) is 0 Å². The Hall–Kier alpha value is -1.41. The van der Waals surface area contributed by atoms with Crippen LogP contribution in [0.4, 0.5) is 0 Å². The molecule has 0 atom stereocenters. The third-order valence-corrected chi connectivity index (χ3v) is 2.86. The maximum absolute atomic E-state index is 9.89. The van der Waals surface area contributed by atoms with Gasteiger partial charge in [-0.25, -0.2) is 9.59 Å². The van der Waals surface area contributed by atoms with Crippen LogP contribution in [0.15, 0.2) is 32.2 Å². The first-order chi connectivity index (χ1) is 5.79. The molecule has 0 aromatic rings. The molecule has 0 fully saturated rings. The van der Waals surface area contributed by atoms with Crippen LogP contribution in [0.5, 0.6) is 0 Å². The number of nitrogens with zero attached hydrogens (tertiary/aromatic N) is 2. The number of thiol groups is 1. The summed E-state index contributed by atoms with van der Waals surface area (Å²) in [5, 5.41) is 1.04. The highest BCUT2D eigenvalue weighted by molar-refractivity contribution is 8.24. The van der Waals surface area contributed by atoms with E-state index in [4.69, 9.17) is 0 Å². The predicted molar refractivity (Wildman–Crippen MR) is 46.8 cm³/mol. The number of hydrogen-bond donors (Lipinski definition) is 1. The average Bonchev–Trinajstić information content (AvgIpc) is 2.38. The minimum absolute atomic E-state index is 0.522. The van der Waals surface area contributed by atoms with Gasteiger partial charge in [0.25, 0.3) is 0 Å². The fourth-order valence-electron chi connectivity index (χ4n) is 0.735. The van der Waals surface area contributed by atoms with Crippen molar-refractivity contribution in [2.75, 3.05) is 0 Å². The summed E-state index contributed by atoms with van der Waals surface area (Å²) in [6, 6.07) is 0. The fourth-order valence-corrected chi connectivity index (χ4v) is 1.80. The van der Waals surface area contributed by atoms with Gasteiger partial charge < -0.3 is 0 Å². The van der Waals surface area contributed by atoms with Gasteiger partial charge in [0.2, 0.25) is 12.2 Å². The third kappa shape index (κ3) is 1.60. The van der Waals surface area contributed by atoms with Crippen molar-refractivity contribution in [3.8, 4) is 0 Å². The second-order valence-electron chi connectivity index (χ2n) is 1.88. The molecule has 1 aliphatic heterocycles. The van der Waals surface area contributed by atoms with Crippen molar-refractivity contribution in [2.45, 2.75) is 0 Å². The molecule has 1 rings (SSSR count). The fraction of sp³-hybridized carbons (Fsp3) is 0. The van der Waals surface area contributed by atoms with E-state index < -0.39 is 10.9 Å². The highest BCUT2D eigenvalue weighted by Gasteiger charge is 2.13. The summed E-state index contributed by atoms with van der Waals surface area (Å²) in [6.07, 6.45) is 9.74. The van der Waals surface area contributed by atoms with Crippen LogP contribution in [-0.2, 0) is 9.59 Å². The summed E-state index contributed by atoms with van der Waals surface area (Å²) < 4.78 is 0. The molecule has 0 aromatic carbocycles. The van der Waals surface area contributed by atoms with Gasteiger partial charge in [-0.05, 0) is 18.4 Å². The Labute approximate surface area is 71.7 Å². The summed E-state index contributed by atoms with van der Waals surface area (Å²) in [4.78, 5) is 26.6. The molecule has 0 saturated heterocycles. The van der Waals surface area contributed by atoms with Gasteiger partial charge in [0.05, 0.1) is 10.1 Å². The van der Waals surface area contributed by atoms with Gasteiger partial charge in [-0.3, -0.25) is 0 Å². The van der Waals surface area contributed by atoms with Gasteiger partial charge in [0.15, 0.2) is 0 Å².